The summed E-state index contributed by atoms with van der Waals surface area (Å²) in [6.45, 7) is 3.37. The third kappa shape index (κ3) is 0.858. The SMILES string of the molecule is CC1CCC[N+]1(C)N. The molecule has 1 saturated heterocycles. The van der Waals surface area contributed by atoms with Crippen molar-refractivity contribution in [2.75, 3.05) is 13.6 Å². The third-order valence-corrected chi connectivity index (χ3v) is 2.27. The van der Waals surface area contributed by atoms with Gasteiger partial charge in [0.15, 0.2) is 0 Å². The van der Waals surface area contributed by atoms with E-state index in [2.05, 4.69) is 14.0 Å². The summed E-state index contributed by atoms with van der Waals surface area (Å²) in [4.78, 5) is 0. The van der Waals surface area contributed by atoms with E-state index in [1.807, 2.05) is 0 Å². The molecule has 0 aromatic rings. The lowest BCUT2D eigenvalue weighted by molar-refractivity contribution is -0.930. The minimum absolute atomic E-state index is 0.676. The lowest BCUT2D eigenvalue weighted by atomic mass is 10.2. The Hall–Kier alpha value is -0.0800. The molecule has 1 aliphatic heterocycles. The molecule has 1 heterocycles. The molecular formula is C6H15N2+. The second-order valence-electron chi connectivity index (χ2n) is 3.06. The predicted octanol–water partition coefficient (Wildman–Crippen LogP) is 0.489. The molecule has 0 saturated carbocycles. The predicted molar refractivity (Wildman–Crippen MR) is 33.9 cm³/mol. The van der Waals surface area contributed by atoms with E-state index in [0.717, 1.165) is 11.1 Å². The van der Waals surface area contributed by atoms with Crippen molar-refractivity contribution in [3.05, 3.63) is 0 Å². The van der Waals surface area contributed by atoms with Gasteiger partial charge in [0.1, 0.15) is 6.04 Å². The quantitative estimate of drug-likeness (QED) is 0.361. The second kappa shape index (κ2) is 1.71. The molecule has 0 amide bonds. The Bertz CT molecular complexity index is 88.5. The molecule has 2 nitrogen and oxygen atoms in total. The van der Waals surface area contributed by atoms with Gasteiger partial charge in [-0.05, 0) is 6.92 Å². The molecule has 1 fully saturated rings. The summed E-state index contributed by atoms with van der Waals surface area (Å²) in [7, 11) is 2.09. The zero-order chi connectivity index (χ0) is 6.20. The van der Waals surface area contributed by atoms with Crippen LogP contribution in [0.25, 0.3) is 0 Å². The smallest absolute Gasteiger partial charge is 0.103 e. The van der Waals surface area contributed by atoms with Gasteiger partial charge in [0.05, 0.1) is 13.6 Å². The van der Waals surface area contributed by atoms with Crippen LogP contribution in [0.2, 0.25) is 0 Å². The first-order valence-corrected chi connectivity index (χ1v) is 3.27. The fraction of sp³-hybridized carbons (Fsp3) is 1.00. The Kier molecular flexibility index (Phi) is 1.29. The maximum atomic E-state index is 5.86. The Morgan fingerprint density at radius 3 is 2.38 bits per heavy atom. The fourth-order valence-corrected chi connectivity index (χ4v) is 1.24. The Morgan fingerprint density at radius 1 is 1.62 bits per heavy atom. The molecule has 2 unspecified atom stereocenters. The molecule has 0 aliphatic carbocycles. The summed E-state index contributed by atoms with van der Waals surface area (Å²) in [5.74, 6) is 5.86. The topological polar surface area (TPSA) is 26.0 Å². The molecule has 0 aromatic heterocycles. The molecule has 0 spiro atoms. The lowest BCUT2D eigenvalue weighted by Crippen LogP contribution is -2.52. The van der Waals surface area contributed by atoms with Gasteiger partial charge < -0.3 is 0 Å². The summed E-state index contributed by atoms with van der Waals surface area (Å²) in [5, 5.41) is 0. The number of likely N-dealkylation sites (tertiary alicyclic amines) is 1. The molecule has 48 valence electrons. The maximum Gasteiger partial charge on any atom is 0.103 e. The van der Waals surface area contributed by atoms with Gasteiger partial charge in [-0.1, -0.05) is 0 Å². The summed E-state index contributed by atoms with van der Waals surface area (Å²) in [6.07, 6.45) is 2.60. The van der Waals surface area contributed by atoms with Crippen molar-refractivity contribution in [3.63, 3.8) is 0 Å². The molecular weight excluding hydrogens is 100 g/mol. The van der Waals surface area contributed by atoms with Gasteiger partial charge in [0.25, 0.3) is 0 Å². The van der Waals surface area contributed by atoms with Gasteiger partial charge in [-0.3, -0.25) is 0 Å². The van der Waals surface area contributed by atoms with Crippen LogP contribution in [0.1, 0.15) is 19.8 Å². The molecule has 0 radical (unpaired) electrons. The number of quaternary nitrogens is 1. The largest absolute Gasteiger partial charge is 0.248 e. The minimum atomic E-state index is 0.676. The van der Waals surface area contributed by atoms with E-state index in [1.165, 1.54) is 12.8 Å². The number of nitrogens with zero attached hydrogens (tertiary/aromatic N) is 1. The van der Waals surface area contributed by atoms with Crippen molar-refractivity contribution >= 4 is 0 Å². The van der Waals surface area contributed by atoms with E-state index in [4.69, 9.17) is 5.84 Å². The molecule has 1 rings (SSSR count). The van der Waals surface area contributed by atoms with Crippen LogP contribution in [-0.2, 0) is 0 Å². The highest BCUT2D eigenvalue weighted by Crippen LogP contribution is 2.18. The molecule has 2 heteroatoms. The van der Waals surface area contributed by atoms with Gasteiger partial charge in [0, 0.05) is 12.8 Å². The van der Waals surface area contributed by atoms with Gasteiger partial charge in [0.2, 0.25) is 0 Å². The molecule has 2 N–H and O–H groups in total. The van der Waals surface area contributed by atoms with Gasteiger partial charge >= 0.3 is 0 Å². The Balaban J connectivity index is 2.54. The van der Waals surface area contributed by atoms with Crippen molar-refractivity contribution in [2.24, 2.45) is 5.84 Å². The molecule has 2 atom stereocenters. The first-order chi connectivity index (χ1) is 3.63. The van der Waals surface area contributed by atoms with Crippen molar-refractivity contribution in [1.29, 1.82) is 0 Å². The van der Waals surface area contributed by atoms with E-state index >= 15 is 0 Å². The average molecular weight is 115 g/mol. The Morgan fingerprint density at radius 2 is 2.25 bits per heavy atom. The summed E-state index contributed by atoms with van der Waals surface area (Å²) in [6, 6.07) is 0.676. The first kappa shape index (κ1) is 6.05. The zero-order valence-corrected chi connectivity index (χ0v) is 5.72. The van der Waals surface area contributed by atoms with E-state index in [9.17, 15) is 0 Å². The highest BCUT2D eigenvalue weighted by molar-refractivity contribution is 4.57. The molecule has 0 aromatic carbocycles. The standard InChI is InChI=1S/C6H15N2/c1-6-4-3-5-8(6,2)7/h6H,3-5,7H2,1-2H3/q+1. The Labute approximate surface area is 50.8 Å². The van der Waals surface area contributed by atoms with E-state index in [1.54, 1.807) is 0 Å². The van der Waals surface area contributed by atoms with E-state index in [0.29, 0.717) is 6.04 Å². The van der Waals surface area contributed by atoms with Crippen LogP contribution in [0.4, 0.5) is 0 Å². The van der Waals surface area contributed by atoms with Crippen LogP contribution >= 0.6 is 0 Å². The van der Waals surface area contributed by atoms with Crippen LogP contribution in [0.15, 0.2) is 0 Å². The molecule has 8 heavy (non-hydrogen) atoms. The monoisotopic (exact) mass is 115 g/mol. The average Bonchev–Trinajstić information content (AvgIpc) is 1.86. The molecule has 1 aliphatic rings. The van der Waals surface area contributed by atoms with Crippen LogP contribution in [0, 0.1) is 0 Å². The van der Waals surface area contributed by atoms with Gasteiger partial charge in [-0.2, -0.15) is 5.84 Å². The minimum Gasteiger partial charge on any atom is -0.248 e. The van der Waals surface area contributed by atoms with Gasteiger partial charge in [-0.15, -0.1) is 0 Å². The van der Waals surface area contributed by atoms with Crippen molar-refractivity contribution < 1.29 is 4.59 Å². The second-order valence-corrected chi connectivity index (χ2v) is 3.06. The van der Waals surface area contributed by atoms with Crippen LogP contribution in [-0.4, -0.2) is 24.2 Å². The highest BCUT2D eigenvalue weighted by Gasteiger charge is 2.30. The van der Waals surface area contributed by atoms with Crippen molar-refractivity contribution in [2.45, 2.75) is 25.8 Å². The van der Waals surface area contributed by atoms with Crippen LogP contribution in [0.3, 0.4) is 0 Å². The maximum absolute atomic E-state index is 5.86. The summed E-state index contributed by atoms with van der Waals surface area (Å²) >= 11 is 0. The third-order valence-electron chi connectivity index (χ3n) is 2.27. The number of hydrogen-bond donors (Lipinski definition) is 1. The fourth-order valence-electron chi connectivity index (χ4n) is 1.24. The van der Waals surface area contributed by atoms with Crippen molar-refractivity contribution in [1.82, 2.24) is 0 Å². The van der Waals surface area contributed by atoms with Crippen molar-refractivity contribution in [3.8, 4) is 0 Å². The van der Waals surface area contributed by atoms with Gasteiger partial charge in [-0.25, -0.2) is 4.59 Å². The first-order valence-electron chi connectivity index (χ1n) is 3.27. The number of rotatable bonds is 0. The summed E-state index contributed by atoms with van der Waals surface area (Å²) in [5.41, 5.74) is 0. The van der Waals surface area contributed by atoms with E-state index < -0.39 is 0 Å². The van der Waals surface area contributed by atoms with E-state index in [-0.39, 0.29) is 0 Å². The van der Waals surface area contributed by atoms with Crippen LogP contribution < -0.4 is 5.84 Å². The summed E-state index contributed by atoms with van der Waals surface area (Å²) < 4.78 is 0.736. The lowest BCUT2D eigenvalue weighted by Gasteiger charge is -2.26. The van der Waals surface area contributed by atoms with Crippen LogP contribution in [0.5, 0.6) is 0 Å². The normalized spacial score (nSPS) is 47.6. The number of hydrogen-bond acceptors (Lipinski definition) is 1. The highest BCUT2D eigenvalue weighted by atomic mass is 15.6. The number of nitrogens with two attached hydrogens (primary N) is 1. The molecule has 0 bridgehead atoms. The zero-order valence-electron chi connectivity index (χ0n) is 5.72.